The van der Waals surface area contributed by atoms with Crippen LogP contribution in [0.1, 0.15) is 10.6 Å². The molecule has 0 radical (unpaired) electrons. The maximum Gasteiger partial charge on any atom is 0.291 e. The first kappa shape index (κ1) is 16.6. The Hall–Kier alpha value is -3.87. The number of fused-ring (bicyclic) bond motifs is 3. The minimum atomic E-state index is -0.539. The molecular weight excluding hydrogens is 348 g/mol. The number of nitrogens with one attached hydrogen (secondary N) is 1. The van der Waals surface area contributed by atoms with Crippen LogP contribution in [0, 0.1) is 10.1 Å². The molecule has 0 fully saturated rings. The first-order valence-corrected chi connectivity index (χ1v) is 8.12. The number of nitrogens with zero attached hydrogens (tertiary/aromatic N) is 1. The largest absolute Gasteiger partial charge is 0.495 e. The van der Waals surface area contributed by atoms with E-state index in [2.05, 4.69) is 5.32 Å². The Morgan fingerprint density at radius 1 is 1.07 bits per heavy atom. The van der Waals surface area contributed by atoms with Gasteiger partial charge in [-0.15, -0.1) is 0 Å². The molecule has 1 aromatic heterocycles. The summed E-state index contributed by atoms with van der Waals surface area (Å²) < 4.78 is 10.8. The molecular formula is C20H14N2O5. The number of methoxy groups -OCH3 is 1. The van der Waals surface area contributed by atoms with Crippen molar-refractivity contribution in [1.82, 2.24) is 0 Å². The lowest BCUT2D eigenvalue weighted by molar-refractivity contribution is -0.384. The van der Waals surface area contributed by atoms with Gasteiger partial charge in [-0.25, -0.2) is 0 Å². The number of benzene rings is 3. The number of anilines is 1. The van der Waals surface area contributed by atoms with E-state index in [1.54, 1.807) is 6.07 Å². The average molecular weight is 362 g/mol. The molecule has 0 saturated carbocycles. The predicted molar refractivity (Wildman–Crippen MR) is 101 cm³/mol. The van der Waals surface area contributed by atoms with E-state index in [1.165, 1.54) is 25.3 Å². The van der Waals surface area contributed by atoms with E-state index >= 15 is 0 Å². The highest BCUT2D eigenvalue weighted by Crippen LogP contribution is 2.31. The summed E-state index contributed by atoms with van der Waals surface area (Å²) in [6, 6.07) is 17.2. The first-order chi connectivity index (χ1) is 13.1. The third-order valence-electron chi connectivity index (χ3n) is 4.29. The van der Waals surface area contributed by atoms with Crippen LogP contribution < -0.4 is 10.1 Å². The van der Waals surface area contributed by atoms with Gasteiger partial charge in [0.15, 0.2) is 5.76 Å². The summed E-state index contributed by atoms with van der Waals surface area (Å²) in [6.45, 7) is 0. The number of rotatable bonds is 4. The zero-order valence-electron chi connectivity index (χ0n) is 14.3. The Kier molecular flexibility index (Phi) is 3.97. The summed E-state index contributed by atoms with van der Waals surface area (Å²) in [5, 5.41) is 16.4. The minimum Gasteiger partial charge on any atom is -0.495 e. The third-order valence-corrected chi connectivity index (χ3v) is 4.29. The number of amides is 1. The number of carbonyl (C=O) groups is 1. The molecule has 27 heavy (non-hydrogen) atoms. The Morgan fingerprint density at radius 3 is 2.67 bits per heavy atom. The Bertz CT molecular complexity index is 1200. The summed E-state index contributed by atoms with van der Waals surface area (Å²) in [6.07, 6.45) is 0. The molecule has 0 aliphatic rings. The lowest BCUT2D eigenvalue weighted by Gasteiger charge is -2.08. The lowest BCUT2D eigenvalue weighted by Crippen LogP contribution is -2.12. The van der Waals surface area contributed by atoms with Crippen molar-refractivity contribution >= 4 is 39.0 Å². The van der Waals surface area contributed by atoms with Gasteiger partial charge in [0.25, 0.3) is 11.6 Å². The van der Waals surface area contributed by atoms with Crippen LogP contribution in [-0.4, -0.2) is 17.9 Å². The van der Waals surface area contributed by atoms with Crippen LogP contribution in [0.25, 0.3) is 21.7 Å². The topological polar surface area (TPSA) is 94.6 Å². The molecule has 1 N–H and O–H groups in total. The van der Waals surface area contributed by atoms with Gasteiger partial charge < -0.3 is 14.5 Å². The Balaban J connectivity index is 1.72. The van der Waals surface area contributed by atoms with Crippen LogP contribution in [0.15, 0.2) is 65.1 Å². The van der Waals surface area contributed by atoms with Crippen molar-refractivity contribution in [3.05, 3.63) is 76.5 Å². The van der Waals surface area contributed by atoms with Crippen LogP contribution in [0.4, 0.5) is 11.4 Å². The molecule has 0 unspecified atom stereocenters. The lowest BCUT2D eigenvalue weighted by atomic mass is 10.1. The van der Waals surface area contributed by atoms with Crippen molar-refractivity contribution in [3.8, 4) is 5.75 Å². The summed E-state index contributed by atoms with van der Waals surface area (Å²) in [4.78, 5) is 23.1. The molecule has 0 saturated heterocycles. The minimum absolute atomic E-state index is 0.106. The number of carbonyl (C=O) groups excluding carboxylic acids is 1. The van der Waals surface area contributed by atoms with E-state index in [0.29, 0.717) is 11.3 Å². The quantitative estimate of drug-likeness (QED) is 0.417. The second-order valence-corrected chi connectivity index (χ2v) is 5.90. The number of hydrogen-bond acceptors (Lipinski definition) is 5. The van der Waals surface area contributed by atoms with Crippen LogP contribution in [0.5, 0.6) is 5.75 Å². The summed E-state index contributed by atoms with van der Waals surface area (Å²) in [5.74, 6) is -0.0977. The van der Waals surface area contributed by atoms with Crippen molar-refractivity contribution in [1.29, 1.82) is 0 Å². The second-order valence-electron chi connectivity index (χ2n) is 5.90. The number of nitro groups is 1. The number of hydrogen-bond donors (Lipinski definition) is 1. The normalized spacial score (nSPS) is 10.9. The highest BCUT2D eigenvalue weighted by molar-refractivity contribution is 6.11. The smallest absolute Gasteiger partial charge is 0.291 e. The molecule has 0 spiro atoms. The molecule has 1 amide bonds. The van der Waals surface area contributed by atoms with Gasteiger partial charge >= 0.3 is 0 Å². The van der Waals surface area contributed by atoms with Crippen molar-refractivity contribution in [2.24, 2.45) is 0 Å². The SMILES string of the molecule is COc1ccc([N+](=O)[O-])cc1NC(=O)c1cc2c(ccc3ccccc32)o1. The fourth-order valence-corrected chi connectivity index (χ4v) is 3.00. The van der Waals surface area contributed by atoms with Gasteiger partial charge in [0, 0.05) is 17.5 Å². The first-order valence-electron chi connectivity index (χ1n) is 8.12. The van der Waals surface area contributed by atoms with Crippen LogP contribution in [0.3, 0.4) is 0 Å². The van der Waals surface area contributed by atoms with Gasteiger partial charge in [0.05, 0.1) is 17.7 Å². The zero-order chi connectivity index (χ0) is 19.0. The maximum atomic E-state index is 12.6. The van der Waals surface area contributed by atoms with Crippen LogP contribution >= 0.6 is 0 Å². The van der Waals surface area contributed by atoms with Crippen molar-refractivity contribution in [2.45, 2.75) is 0 Å². The van der Waals surface area contributed by atoms with E-state index in [-0.39, 0.29) is 17.1 Å². The molecule has 1 heterocycles. The van der Waals surface area contributed by atoms with Crippen LogP contribution in [-0.2, 0) is 0 Å². The van der Waals surface area contributed by atoms with Gasteiger partial charge in [-0.3, -0.25) is 14.9 Å². The molecule has 0 aliphatic carbocycles. The highest BCUT2D eigenvalue weighted by atomic mass is 16.6. The van der Waals surface area contributed by atoms with E-state index < -0.39 is 10.8 Å². The fourth-order valence-electron chi connectivity index (χ4n) is 3.00. The van der Waals surface area contributed by atoms with E-state index in [1.807, 2.05) is 36.4 Å². The number of ether oxygens (including phenoxy) is 1. The number of furan rings is 1. The highest BCUT2D eigenvalue weighted by Gasteiger charge is 2.18. The van der Waals surface area contributed by atoms with Gasteiger partial charge in [-0.2, -0.15) is 0 Å². The molecule has 4 rings (SSSR count). The molecule has 0 bridgehead atoms. The van der Waals surface area contributed by atoms with Gasteiger partial charge in [-0.1, -0.05) is 30.3 Å². The van der Waals surface area contributed by atoms with Crippen molar-refractivity contribution in [2.75, 3.05) is 12.4 Å². The second kappa shape index (κ2) is 6.45. The molecule has 3 aromatic carbocycles. The van der Waals surface area contributed by atoms with E-state index in [4.69, 9.17) is 9.15 Å². The molecule has 134 valence electrons. The maximum absolute atomic E-state index is 12.6. The monoisotopic (exact) mass is 362 g/mol. The molecule has 4 aromatic rings. The predicted octanol–water partition coefficient (Wildman–Crippen LogP) is 4.76. The van der Waals surface area contributed by atoms with Crippen molar-refractivity contribution in [3.63, 3.8) is 0 Å². The number of non-ortho nitro benzene ring substituents is 1. The molecule has 0 aliphatic heterocycles. The summed E-state index contributed by atoms with van der Waals surface area (Å²) >= 11 is 0. The van der Waals surface area contributed by atoms with Gasteiger partial charge in [-0.05, 0) is 29.0 Å². The van der Waals surface area contributed by atoms with E-state index in [9.17, 15) is 14.9 Å². The Morgan fingerprint density at radius 2 is 1.89 bits per heavy atom. The average Bonchev–Trinajstić information content (AvgIpc) is 3.13. The number of nitro benzene ring substituents is 1. The molecule has 7 nitrogen and oxygen atoms in total. The standard InChI is InChI=1S/C20H14N2O5/c1-26-18-9-7-13(22(24)25)10-16(18)21-20(23)19-11-15-14-5-3-2-4-12(14)6-8-17(15)27-19/h2-11H,1H3,(H,21,23). The molecule has 7 heteroatoms. The summed E-state index contributed by atoms with van der Waals surface area (Å²) in [5.41, 5.74) is 0.633. The third kappa shape index (κ3) is 2.95. The van der Waals surface area contributed by atoms with Gasteiger partial charge in [0.2, 0.25) is 0 Å². The van der Waals surface area contributed by atoms with Gasteiger partial charge in [0.1, 0.15) is 11.3 Å². The summed E-state index contributed by atoms with van der Waals surface area (Å²) in [7, 11) is 1.42. The fraction of sp³-hybridized carbons (Fsp3) is 0.0500. The van der Waals surface area contributed by atoms with Crippen molar-refractivity contribution < 1.29 is 18.9 Å². The zero-order valence-corrected chi connectivity index (χ0v) is 14.3. The Labute approximate surface area is 153 Å². The van der Waals surface area contributed by atoms with Crippen LogP contribution in [0.2, 0.25) is 0 Å². The molecule has 0 atom stereocenters. The van der Waals surface area contributed by atoms with E-state index in [0.717, 1.165) is 16.2 Å².